The van der Waals surface area contributed by atoms with E-state index in [1.54, 1.807) is 50.3 Å². The molecule has 256 valence electrons. The Morgan fingerprint density at radius 3 is 1.51 bits per heavy atom. The molecule has 2 aromatic carbocycles. The third kappa shape index (κ3) is 15.2. The first-order chi connectivity index (χ1) is 22.6. The molecule has 0 saturated carbocycles. The molecule has 0 aliphatic carbocycles. The van der Waals surface area contributed by atoms with Crippen LogP contribution in [0.15, 0.2) is 60.7 Å². The second-order valence-corrected chi connectivity index (χ2v) is 11.0. The Morgan fingerprint density at radius 2 is 1.09 bits per heavy atom. The number of carbonyl (C=O) groups is 4. The van der Waals surface area contributed by atoms with Gasteiger partial charge < -0.3 is 29.2 Å². The molecule has 0 aromatic heterocycles. The van der Waals surface area contributed by atoms with E-state index in [-0.39, 0.29) is 18.6 Å². The number of ether oxygens (including phenoxy) is 4. The highest BCUT2D eigenvalue weighted by Gasteiger charge is 2.41. The third-order valence-corrected chi connectivity index (χ3v) is 7.31. The molecular weight excluding hydrogens is 604 g/mol. The van der Waals surface area contributed by atoms with E-state index in [0.29, 0.717) is 76.5 Å². The maximum atomic E-state index is 12.6. The predicted octanol–water partition coefficient (Wildman–Crippen LogP) is 5.87. The fourth-order valence-corrected chi connectivity index (χ4v) is 4.45. The van der Waals surface area contributed by atoms with E-state index < -0.39 is 29.4 Å². The number of carbonyl (C=O) groups excluding carboxylic acids is 4. The van der Waals surface area contributed by atoms with Crippen molar-refractivity contribution in [3.05, 3.63) is 71.8 Å². The topological polar surface area (TPSA) is 146 Å². The van der Waals surface area contributed by atoms with Gasteiger partial charge in [0.2, 0.25) is 5.79 Å². The lowest BCUT2D eigenvalue weighted by Crippen LogP contribution is -2.47. The molecule has 0 amide bonds. The van der Waals surface area contributed by atoms with Gasteiger partial charge in [-0.1, -0.05) is 24.3 Å². The summed E-state index contributed by atoms with van der Waals surface area (Å²) in [4.78, 5) is 47.9. The molecule has 0 bridgehead atoms. The number of hydrogen-bond donors (Lipinski definition) is 2. The molecule has 0 radical (unpaired) electrons. The van der Waals surface area contributed by atoms with Crippen LogP contribution in [0.1, 0.15) is 83.3 Å². The molecule has 0 spiro atoms. The van der Waals surface area contributed by atoms with Crippen LogP contribution in [0.25, 0.3) is 12.2 Å². The first-order valence-electron chi connectivity index (χ1n) is 16.2. The van der Waals surface area contributed by atoms with Gasteiger partial charge in [-0.15, -0.1) is 0 Å². The highest BCUT2D eigenvalue weighted by molar-refractivity contribution is 5.93. The molecule has 0 fully saturated rings. The van der Waals surface area contributed by atoms with Crippen molar-refractivity contribution >= 4 is 35.7 Å². The Hall–Kier alpha value is -4.28. The number of benzene rings is 2. The van der Waals surface area contributed by atoms with Gasteiger partial charge in [0.15, 0.2) is 5.78 Å². The Morgan fingerprint density at radius 1 is 0.660 bits per heavy atom. The Kier molecular flexibility index (Phi) is 17.8. The summed E-state index contributed by atoms with van der Waals surface area (Å²) in [6.07, 6.45) is 9.85. The van der Waals surface area contributed by atoms with Crippen molar-refractivity contribution in [3.8, 4) is 11.5 Å². The molecule has 2 aromatic rings. The maximum Gasteiger partial charge on any atom is 0.330 e. The fourth-order valence-electron chi connectivity index (χ4n) is 4.45. The van der Waals surface area contributed by atoms with Gasteiger partial charge in [0.25, 0.3) is 0 Å². The van der Waals surface area contributed by atoms with Gasteiger partial charge in [-0.05, 0) is 107 Å². The number of esters is 2. The second kappa shape index (κ2) is 21.5. The van der Waals surface area contributed by atoms with E-state index in [0.717, 1.165) is 11.1 Å². The minimum absolute atomic E-state index is 0.0495. The van der Waals surface area contributed by atoms with E-state index >= 15 is 0 Å². The van der Waals surface area contributed by atoms with Crippen LogP contribution in [-0.2, 0) is 28.7 Å². The summed E-state index contributed by atoms with van der Waals surface area (Å²) in [5.41, 5.74) is 1.68. The minimum Gasteiger partial charge on any atom is -0.494 e. The summed E-state index contributed by atoms with van der Waals surface area (Å²) < 4.78 is 21.1. The van der Waals surface area contributed by atoms with Crippen LogP contribution in [0.2, 0.25) is 0 Å². The summed E-state index contributed by atoms with van der Waals surface area (Å²) >= 11 is 0. The molecular formula is C37H48O10. The van der Waals surface area contributed by atoms with Crippen molar-refractivity contribution in [1.82, 2.24) is 0 Å². The molecule has 0 heterocycles. The standard InChI is InChI=1S/C37H48O10/c1-4-44-35(40)24-18-29-14-20-31(21-15-29)46-26-10-6-8-12-33(38)28(3)37(42,43)34(39)13-9-7-11-27-47-32-22-16-30(17-23-32)19-25-36(41)45-5-2/h14-25,28,42-43H,4-13,26-27H2,1-3H3. The van der Waals surface area contributed by atoms with Gasteiger partial charge in [-0.2, -0.15) is 0 Å². The summed E-state index contributed by atoms with van der Waals surface area (Å²) in [7, 11) is 0. The van der Waals surface area contributed by atoms with Crippen LogP contribution in [-0.4, -0.2) is 65.9 Å². The number of ketones is 2. The predicted molar refractivity (Wildman–Crippen MR) is 178 cm³/mol. The molecule has 1 unspecified atom stereocenters. The molecule has 2 N–H and O–H groups in total. The number of hydrogen-bond acceptors (Lipinski definition) is 10. The van der Waals surface area contributed by atoms with Gasteiger partial charge in [-0.25, -0.2) is 9.59 Å². The Labute approximate surface area is 277 Å². The summed E-state index contributed by atoms with van der Waals surface area (Å²) in [6.45, 7) is 6.40. The van der Waals surface area contributed by atoms with Gasteiger partial charge in [-0.3, -0.25) is 9.59 Å². The monoisotopic (exact) mass is 652 g/mol. The quantitative estimate of drug-likeness (QED) is 0.0647. The van der Waals surface area contributed by atoms with Crippen LogP contribution in [0.5, 0.6) is 11.5 Å². The van der Waals surface area contributed by atoms with Crippen molar-refractivity contribution < 1.29 is 48.3 Å². The minimum atomic E-state index is -2.70. The van der Waals surface area contributed by atoms with Crippen molar-refractivity contribution in [2.45, 2.75) is 77.9 Å². The SMILES string of the molecule is CCOC(=O)C=Cc1ccc(OCCCCCC(=O)C(C)C(O)(O)C(=O)CCCCCOc2ccc(C=CC(=O)OCC)cc2)cc1. The van der Waals surface area contributed by atoms with Crippen molar-refractivity contribution in [2.24, 2.45) is 5.92 Å². The third-order valence-electron chi connectivity index (χ3n) is 7.31. The average Bonchev–Trinajstić information content (AvgIpc) is 3.06. The van der Waals surface area contributed by atoms with Crippen LogP contribution >= 0.6 is 0 Å². The van der Waals surface area contributed by atoms with E-state index in [2.05, 4.69) is 0 Å². The first-order valence-corrected chi connectivity index (χ1v) is 16.2. The van der Waals surface area contributed by atoms with Crippen LogP contribution < -0.4 is 9.47 Å². The highest BCUT2D eigenvalue weighted by Crippen LogP contribution is 2.22. The number of aliphatic hydroxyl groups is 2. The Balaban J connectivity index is 1.59. The average molecular weight is 653 g/mol. The van der Waals surface area contributed by atoms with Gasteiger partial charge >= 0.3 is 11.9 Å². The van der Waals surface area contributed by atoms with Crippen molar-refractivity contribution in [1.29, 1.82) is 0 Å². The maximum absolute atomic E-state index is 12.6. The molecule has 10 nitrogen and oxygen atoms in total. The molecule has 2 rings (SSSR count). The van der Waals surface area contributed by atoms with E-state index in [1.165, 1.54) is 19.1 Å². The molecule has 1 atom stereocenters. The number of unbranched alkanes of at least 4 members (excludes halogenated alkanes) is 4. The summed E-state index contributed by atoms with van der Waals surface area (Å²) in [5.74, 6) is -4.48. The molecule has 0 aliphatic rings. The number of Topliss-reactive ketones (excluding diaryl/α,β-unsaturated/α-hetero) is 2. The number of rotatable bonds is 23. The summed E-state index contributed by atoms with van der Waals surface area (Å²) in [6, 6.07) is 14.5. The van der Waals surface area contributed by atoms with Crippen LogP contribution in [0, 0.1) is 5.92 Å². The molecule has 0 saturated heterocycles. The zero-order valence-corrected chi connectivity index (χ0v) is 27.7. The highest BCUT2D eigenvalue weighted by atomic mass is 16.5. The van der Waals surface area contributed by atoms with E-state index in [9.17, 15) is 29.4 Å². The fraction of sp³-hybridized carbons (Fsp3) is 0.459. The normalized spacial score (nSPS) is 12.2. The Bertz CT molecular complexity index is 1310. The van der Waals surface area contributed by atoms with E-state index in [1.807, 2.05) is 24.3 Å². The van der Waals surface area contributed by atoms with Crippen LogP contribution in [0.3, 0.4) is 0 Å². The van der Waals surface area contributed by atoms with Gasteiger partial charge in [0, 0.05) is 25.0 Å². The van der Waals surface area contributed by atoms with Crippen LogP contribution in [0.4, 0.5) is 0 Å². The van der Waals surface area contributed by atoms with E-state index in [4.69, 9.17) is 18.9 Å². The van der Waals surface area contributed by atoms with Crippen molar-refractivity contribution in [2.75, 3.05) is 26.4 Å². The summed E-state index contributed by atoms with van der Waals surface area (Å²) in [5, 5.41) is 20.9. The molecule has 47 heavy (non-hydrogen) atoms. The second-order valence-electron chi connectivity index (χ2n) is 11.0. The van der Waals surface area contributed by atoms with Gasteiger partial charge in [0.05, 0.1) is 32.3 Å². The zero-order chi connectivity index (χ0) is 34.5. The molecule has 0 aliphatic heterocycles. The lowest BCUT2D eigenvalue weighted by Gasteiger charge is -2.26. The molecule has 10 heteroatoms. The van der Waals surface area contributed by atoms with Crippen molar-refractivity contribution in [3.63, 3.8) is 0 Å². The largest absolute Gasteiger partial charge is 0.494 e. The smallest absolute Gasteiger partial charge is 0.330 e. The first kappa shape index (κ1) is 38.9. The zero-order valence-electron chi connectivity index (χ0n) is 27.7. The lowest BCUT2D eigenvalue weighted by atomic mass is 9.88. The lowest BCUT2D eigenvalue weighted by molar-refractivity contribution is -0.202. The van der Waals surface area contributed by atoms with Gasteiger partial charge in [0.1, 0.15) is 17.3 Å².